The van der Waals surface area contributed by atoms with Gasteiger partial charge in [-0.15, -0.1) is 0 Å². The summed E-state index contributed by atoms with van der Waals surface area (Å²) in [5, 5.41) is 16.3. The molecule has 0 bridgehead atoms. The summed E-state index contributed by atoms with van der Waals surface area (Å²) in [6.45, 7) is 2.61. The van der Waals surface area contributed by atoms with Gasteiger partial charge < -0.3 is 25.2 Å². The number of cyclic esters (lactones) is 1. The minimum Gasteiger partial charge on any atom is -0.465 e. The Labute approximate surface area is 188 Å². The fraction of sp³-hybridized carbons (Fsp3) is 0.476. The Hall–Kier alpha value is -3.38. The SMILES string of the molecule is Cc1ncc(F)c2c1CC(CNC[C@@H](O)[C@H]1CN(c3cnc4c(n3)NC(=O)CO4)C(=O)O1)C2. The number of rotatable bonds is 6. The number of hydrogen-bond donors (Lipinski definition) is 3. The number of aliphatic hydroxyl groups excluding tert-OH is 1. The number of halogens is 1. The van der Waals surface area contributed by atoms with Crippen LogP contribution in [0.5, 0.6) is 5.88 Å². The van der Waals surface area contributed by atoms with Crippen LogP contribution >= 0.6 is 0 Å². The number of aliphatic hydroxyl groups is 1. The van der Waals surface area contributed by atoms with Gasteiger partial charge in [-0.3, -0.25) is 14.7 Å². The van der Waals surface area contributed by atoms with Crippen molar-refractivity contribution in [1.82, 2.24) is 20.3 Å². The molecular formula is C21H23FN6O5. The van der Waals surface area contributed by atoms with E-state index in [9.17, 15) is 19.1 Å². The lowest BCUT2D eigenvalue weighted by molar-refractivity contribution is -0.118. The maximum Gasteiger partial charge on any atom is 0.416 e. The third-order valence-electron chi connectivity index (χ3n) is 6.10. The Morgan fingerprint density at radius 3 is 2.94 bits per heavy atom. The number of amides is 2. The molecule has 1 aliphatic carbocycles. The van der Waals surface area contributed by atoms with Crippen LogP contribution in [-0.4, -0.2) is 70.5 Å². The third-order valence-corrected chi connectivity index (χ3v) is 6.10. The fourth-order valence-electron chi connectivity index (χ4n) is 4.38. The van der Waals surface area contributed by atoms with E-state index in [1.165, 1.54) is 17.3 Å². The molecule has 174 valence electrons. The maximum absolute atomic E-state index is 14.0. The normalized spacial score (nSPS) is 22.3. The molecular weight excluding hydrogens is 435 g/mol. The highest BCUT2D eigenvalue weighted by Gasteiger charge is 2.38. The summed E-state index contributed by atoms with van der Waals surface area (Å²) in [6, 6.07) is 0. The monoisotopic (exact) mass is 458 g/mol. The van der Waals surface area contributed by atoms with Crippen molar-refractivity contribution in [3.63, 3.8) is 0 Å². The molecule has 12 heteroatoms. The number of fused-ring (bicyclic) bond motifs is 2. The number of pyridine rings is 1. The molecule has 0 aromatic carbocycles. The zero-order valence-electron chi connectivity index (χ0n) is 17.9. The van der Waals surface area contributed by atoms with Crippen molar-refractivity contribution in [2.75, 3.05) is 36.5 Å². The van der Waals surface area contributed by atoms with E-state index >= 15 is 0 Å². The number of anilines is 2. The number of carbonyl (C=O) groups excluding carboxylic acids is 2. The Kier molecular flexibility index (Phi) is 5.54. The van der Waals surface area contributed by atoms with Crippen LogP contribution in [0.25, 0.3) is 0 Å². The van der Waals surface area contributed by atoms with E-state index in [2.05, 4.69) is 25.6 Å². The van der Waals surface area contributed by atoms with E-state index in [4.69, 9.17) is 9.47 Å². The molecule has 2 aliphatic heterocycles. The van der Waals surface area contributed by atoms with Gasteiger partial charge in [0, 0.05) is 12.2 Å². The zero-order chi connectivity index (χ0) is 23.1. The summed E-state index contributed by atoms with van der Waals surface area (Å²) >= 11 is 0. The molecule has 0 radical (unpaired) electrons. The van der Waals surface area contributed by atoms with Gasteiger partial charge in [-0.2, -0.15) is 0 Å². The molecule has 3 N–H and O–H groups in total. The summed E-state index contributed by atoms with van der Waals surface area (Å²) in [6.07, 6.45) is 1.59. The summed E-state index contributed by atoms with van der Waals surface area (Å²) in [5.74, 6) is 0.0509. The molecule has 33 heavy (non-hydrogen) atoms. The van der Waals surface area contributed by atoms with Gasteiger partial charge in [0.1, 0.15) is 18.0 Å². The second-order valence-electron chi connectivity index (χ2n) is 8.40. The van der Waals surface area contributed by atoms with Gasteiger partial charge in [-0.05, 0) is 43.4 Å². The number of nitrogens with zero attached hydrogens (tertiary/aromatic N) is 4. The van der Waals surface area contributed by atoms with E-state index in [0.29, 0.717) is 13.0 Å². The van der Waals surface area contributed by atoms with Crippen molar-refractivity contribution in [3.8, 4) is 5.88 Å². The van der Waals surface area contributed by atoms with E-state index in [1.807, 2.05) is 6.92 Å². The molecule has 1 unspecified atom stereocenters. The van der Waals surface area contributed by atoms with Crippen molar-refractivity contribution in [2.45, 2.75) is 32.0 Å². The largest absolute Gasteiger partial charge is 0.465 e. The molecule has 3 atom stereocenters. The molecule has 2 aromatic heterocycles. The van der Waals surface area contributed by atoms with Crippen molar-refractivity contribution in [2.24, 2.45) is 5.92 Å². The molecule has 11 nitrogen and oxygen atoms in total. The fourth-order valence-corrected chi connectivity index (χ4v) is 4.38. The summed E-state index contributed by atoms with van der Waals surface area (Å²) in [4.78, 5) is 37.4. The van der Waals surface area contributed by atoms with Crippen LogP contribution in [0.2, 0.25) is 0 Å². The van der Waals surface area contributed by atoms with Crippen molar-refractivity contribution < 1.29 is 28.6 Å². The van der Waals surface area contributed by atoms with E-state index in [-0.39, 0.29) is 54.9 Å². The molecule has 1 fully saturated rings. The predicted molar refractivity (Wildman–Crippen MR) is 112 cm³/mol. The number of carbonyl (C=O) groups is 2. The van der Waals surface area contributed by atoms with Gasteiger partial charge in [-0.25, -0.2) is 19.2 Å². The van der Waals surface area contributed by atoms with Crippen LogP contribution in [0.4, 0.5) is 20.8 Å². The number of nitrogens with one attached hydrogen (secondary N) is 2. The van der Waals surface area contributed by atoms with Gasteiger partial charge in [-0.1, -0.05) is 0 Å². The van der Waals surface area contributed by atoms with Crippen molar-refractivity contribution in [3.05, 3.63) is 35.0 Å². The minimum atomic E-state index is -0.948. The number of ether oxygens (including phenoxy) is 2. The summed E-state index contributed by atoms with van der Waals surface area (Å²) in [5.41, 5.74) is 2.54. The second kappa shape index (κ2) is 8.52. The highest BCUT2D eigenvalue weighted by atomic mass is 19.1. The molecule has 5 rings (SSSR count). The Balaban J connectivity index is 1.14. The third kappa shape index (κ3) is 4.18. The Morgan fingerprint density at radius 1 is 1.30 bits per heavy atom. The minimum absolute atomic E-state index is 0.0783. The first-order valence-electron chi connectivity index (χ1n) is 10.7. The van der Waals surface area contributed by atoms with Crippen LogP contribution in [0.15, 0.2) is 12.4 Å². The number of aryl methyl sites for hydroxylation is 1. The van der Waals surface area contributed by atoms with E-state index in [0.717, 1.165) is 23.2 Å². The lowest BCUT2D eigenvalue weighted by Crippen LogP contribution is -2.40. The topological polar surface area (TPSA) is 139 Å². The van der Waals surface area contributed by atoms with Crippen LogP contribution < -0.4 is 20.3 Å². The van der Waals surface area contributed by atoms with E-state index in [1.54, 1.807) is 0 Å². The summed E-state index contributed by atoms with van der Waals surface area (Å²) < 4.78 is 24.5. The first kappa shape index (κ1) is 21.5. The molecule has 2 aromatic rings. The smallest absolute Gasteiger partial charge is 0.416 e. The van der Waals surface area contributed by atoms with Gasteiger partial charge in [0.15, 0.2) is 18.2 Å². The van der Waals surface area contributed by atoms with Crippen LogP contribution in [0.3, 0.4) is 0 Å². The lowest BCUT2D eigenvalue weighted by Gasteiger charge is -2.19. The van der Waals surface area contributed by atoms with Crippen LogP contribution in [0, 0.1) is 18.7 Å². The van der Waals surface area contributed by atoms with Crippen molar-refractivity contribution in [1.29, 1.82) is 0 Å². The molecule has 4 heterocycles. The number of hydrogen-bond acceptors (Lipinski definition) is 9. The van der Waals surface area contributed by atoms with Gasteiger partial charge >= 0.3 is 6.09 Å². The average molecular weight is 458 g/mol. The van der Waals surface area contributed by atoms with Gasteiger partial charge in [0.05, 0.1) is 18.9 Å². The number of aromatic nitrogens is 3. The Bertz CT molecular complexity index is 1080. The summed E-state index contributed by atoms with van der Waals surface area (Å²) in [7, 11) is 0. The molecule has 1 saturated heterocycles. The Morgan fingerprint density at radius 2 is 2.12 bits per heavy atom. The molecule has 2 amide bonds. The lowest BCUT2D eigenvalue weighted by atomic mass is 10.1. The second-order valence-corrected chi connectivity index (χ2v) is 8.40. The highest BCUT2D eigenvalue weighted by molar-refractivity contribution is 5.94. The van der Waals surface area contributed by atoms with Crippen LogP contribution in [0.1, 0.15) is 16.8 Å². The quantitative estimate of drug-likeness (QED) is 0.559. The standard InChI is InChI=1S/C21H23FN6O5/c1-10-12-2-11(3-13(12)14(22)5-24-10)4-23-6-15(29)16-8-28(21(31)33-16)17-7-25-20-19(26-17)27-18(30)9-32-20/h5,7,11,15-16,23,29H,2-4,6,8-9H2,1H3,(H,26,27,30)/t11?,15-,16-/m1/s1. The van der Waals surface area contributed by atoms with Crippen LogP contribution in [-0.2, 0) is 22.4 Å². The maximum atomic E-state index is 14.0. The highest BCUT2D eigenvalue weighted by Crippen LogP contribution is 2.30. The molecule has 0 saturated carbocycles. The first-order valence-corrected chi connectivity index (χ1v) is 10.7. The predicted octanol–water partition coefficient (Wildman–Crippen LogP) is 0.341. The first-order chi connectivity index (χ1) is 15.9. The molecule has 3 aliphatic rings. The van der Waals surface area contributed by atoms with Gasteiger partial charge in [0.25, 0.3) is 11.8 Å². The zero-order valence-corrected chi connectivity index (χ0v) is 17.9. The average Bonchev–Trinajstić information content (AvgIpc) is 3.40. The van der Waals surface area contributed by atoms with E-state index < -0.39 is 18.3 Å². The molecule has 0 spiro atoms. The van der Waals surface area contributed by atoms with Gasteiger partial charge in [0.2, 0.25) is 0 Å². The van der Waals surface area contributed by atoms with Crippen molar-refractivity contribution >= 4 is 23.6 Å².